The molecule has 0 spiro atoms. The highest BCUT2D eigenvalue weighted by Crippen LogP contribution is 2.09. The van der Waals surface area contributed by atoms with Crippen LogP contribution in [0, 0.1) is 5.92 Å². The molecule has 0 aliphatic heterocycles. The fourth-order valence-electron chi connectivity index (χ4n) is 0.923. The zero-order valence-corrected chi connectivity index (χ0v) is 10.4. The van der Waals surface area contributed by atoms with Gasteiger partial charge in [0.15, 0.2) is 0 Å². The van der Waals surface area contributed by atoms with Crippen LogP contribution in [0.1, 0.15) is 32.4 Å². The van der Waals surface area contributed by atoms with Gasteiger partial charge in [-0.2, -0.15) is 0 Å². The summed E-state index contributed by atoms with van der Waals surface area (Å²) in [4.78, 5) is 11.0. The normalized spacial score (nSPS) is 11.4. The van der Waals surface area contributed by atoms with E-state index in [0.29, 0.717) is 0 Å². The zero-order valence-electron chi connectivity index (χ0n) is 10.4. The summed E-state index contributed by atoms with van der Waals surface area (Å²) in [6, 6.07) is 8.45. The van der Waals surface area contributed by atoms with Crippen molar-refractivity contribution in [1.29, 1.82) is 0 Å². The summed E-state index contributed by atoms with van der Waals surface area (Å²) in [5.74, 6) is 0.418. The highest BCUT2D eigenvalue weighted by atomic mass is 16.5. The Balaban J connectivity index is 0.000000487. The van der Waals surface area contributed by atoms with E-state index in [-0.39, 0.29) is 0 Å². The van der Waals surface area contributed by atoms with Crippen molar-refractivity contribution in [3.8, 4) is 0 Å². The molecule has 0 amide bonds. The summed E-state index contributed by atoms with van der Waals surface area (Å²) in [5, 5.41) is 0. The number of ether oxygens (including phenoxy) is 1. The molecule has 0 saturated carbocycles. The van der Waals surface area contributed by atoms with Crippen LogP contribution in [-0.4, -0.2) is 13.1 Å². The van der Waals surface area contributed by atoms with Crippen molar-refractivity contribution in [3.63, 3.8) is 0 Å². The molecule has 90 valence electrons. The van der Waals surface area contributed by atoms with Crippen LogP contribution in [0.4, 0.5) is 0 Å². The van der Waals surface area contributed by atoms with E-state index in [1.54, 1.807) is 12.1 Å². The van der Waals surface area contributed by atoms with Crippen LogP contribution >= 0.6 is 0 Å². The molecule has 1 aromatic rings. The fraction of sp³-hybridized carbons (Fsp3) is 0.462. The summed E-state index contributed by atoms with van der Waals surface area (Å²) in [6.45, 7) is 6.50. The number of rotatable bonds is 2. The van der Waals surface area contributed by atoms with Crippen LogP contribution in [0.15, 0.2) is 30.3 Å². The minimum absolute atomic E-state index is 0.416. The van der Waals surface area contributed by atoms with Gasteiger partial charge in [-0.25, -0.2) is 0 Å². The zero-order chi connectivity index (χ0) is 12.6. The van der Waals surface area contributed by atoms with Gasteiger partial charge in [0.05, 0.1) is 7.11 Å². The fourth-order valence-corrected chi connectivity index (χ4v) is 0.923. The third-order valence-electron chi connectivity index (χ3n) is 1.61. The minimum atomic E-state index is -0.670. The van der Waals surface area contributed by atoms with E-state index in [0.717, 1.165) is 11.5 Å². The molecule has 3 heteroatoms. The van der Waals surface area contributed by atoms with E-state index in [2.05, 4.69) is 25.5 Å². The van der Waals surface area contributed by atoms with Gasteiger partial charge in [0, 0.05) is 0 Å². The highest BCUT2D eigenvalue weighted by Gasteiger charge is 2.14. The Hall–Kier alpha value is -1.35. The van der Waals surface area contributed by atoms with Crippen LogP contribution in [-0.2, 0) is 9.53 Å². The van der Waals surface area contributed by atoms with Crippen molar-refractivity contribution in [2.75, 3.05) is 7.11 Å². The monoisotopic (exact) mass is 223 g/mol. The Bertz CT molecular complexity index is 293. The standard InChI is InChI=1S/C9H11NO2.C4H10/c1-12-9(11)8(10)7-5-3-2-4-6-7;1-4(2)3/h2-6,8H,10H2,1H3;4H,1-3H3. The summed E-state index contributed by atoms with van der Waals surface area (Å²) >= 11 is 0. The molecular weight excluding hydrogens is 202 g/mol. The molecule has 1 aromatic carbocycles. The average molecular weight is 223 g/mol. The molecule has 0 heterocycles. The lowest BCUT2D eigenvalue weighted by Gasteiger charge is -2.08. The SMILES string of the molecule is CC(C)C.COC(=O)C(N)c1ccccc1. The van der Waals surface area contributed by atoms with Gasteiger partial charge in [-0.05, 0) is 11.5 Å². The maximum Gasteiger partial charge on any atom is 0.327 e. The molecule has 0 aliphatic rings. The lowest BCUT2D eigenvalue weighted by atomic mass is 10.1. The molecular formula is C13H21NO2. The number of carbonyl (C=O) groups is 1. The van der Waals surface area contributed by atoms with E-state index < -0.39 is 12.0 Å². The molecule has 16 heavy (non-hydrogen) atoms. The molecule has 0 saturated heterocycles. The van der Waals surface area contributed by atoms with Crippen molar-refractivity contribution >= 4 is 5.97 Å². The van der Waals surface area contributed by atoms with E-state index in [1.807, 2.05) is 18.2 Å². The summed E-state index contributed by atoms with van der Waals surface area (Å²) in [5.41, 5.74) is 6.34. The van der Waals surface area contributed by atoms with Gasteiger partial charge in [-0.15, -0.1) is 0 Å². The first-order chi connectivity index (χ1) is 7.49. The lowest BCUT2D eigenvalue weighted by molar-refractivity contribution is -0.142. The van der Waals surface area contributed by atoms with E-state index in [1.165, 1.54) is 7.11 Å². The van der Waals surface area contributed by atoms with Gasteiger partial charge >= 0.3 is 5.97 Å². The Morgan fingerprint density at radius 3 is 2.00 bits per heavy atom. The Morgan fingerprint density at radius 2 is 1.62 bits per heavy atom. The summed E-state index contributed by atoms with van der Waals surface area (Å²) in [7, 11) is 1.32. The third kappa shape index (κ3) is 6.19. The van der Waals surface area contributed by atoms with Crippen molar-refractivity contribution in [2.24, 2.45) is 11.7 Å². The van der Waals surface area contributed by atoms with Gasteiger partial charge in [0.25, 0.3) is 0 Å². The predicted octanol–water partition coefficient (Wildman–Crippen LogP) is 2.52. The molecule has 1 rings (SSSR count). The van der Waals surface area contributed by atoms with E-state index >= 15 is 0 Å². The predicted molar refractivity (Wildman–Crippen MR) is 65.9 cm³/mol. The van der Waals surface area contributed by atoms with Crippen molar-refractivity contribution in [1.82, 2.24) is 0 Å². The second kappa shape index (κ2) is 7.88. The first-order valence-corrected chi connectivity index (χ1v) is 5.37. The van der Waals surface area contributed by atoms with Gasteiger partial charge in [0.1, 0.15) is 6.04 Å². The number of esters is 1. The summed E-state index contributed by atoms with van der Waals surface area (Å²) in [6.07, 6.45) is 0. The molecule has 2 N–H and O–H groups in total. The molecule has 3 nitrogen and oxygen atoms in total. The minimum Gasteiger partial charge on any atom is -0.468 e. The Morgan fingerprint density at radius 1 is 1.19 bits per heavy atom. The number of benzene rings is 1. The molecule has 0 bridgehead atoms. The number of carbonyl (C=O) groups excluding carboxylic acids is 1. The first kappa shape index (κ1) is 14.6. The average Bonchev–Trinajstić information content (AvgIpc) is 2.27. The van der Waals surface area contributed by atoms with Crippen LogP contribution in [0.3, 0.4) is 0 Å². The molecule has 1 unspecified atom stereocenters. The van der Waals surface area contributed by atoms with Crippen molar-refractivity contribution in [3.05, 3.63) is 35.9 Å². The van der Waals surface area contributed by atoms with Crippen molar-refractivity contribution in [2.45, 2.75) is 26.8 Å². The Kier molecular flexibility index (Phi) is 7.21. The largest absolute Gasteiger partial charge is 0.468 e. The van der Waals surface area contributed by atoms with E-state index in [9.17, 15) is 4.79 Å². The van der Waals surface area contributed by atoms with Crippen molar-refractivity contribution < 1.29 is 9.53 Å². The molecule has 1 atom stereocenters. The second-order valence-electron chi connectivity index (χ2n) is 4.14. The topological polar surface area (TPSA) is 52.3 Å². The van der Waals surface area contributed by atoms with E-state index in [4.69, 9.17) is 5.73 Å². The molecule has 0 aromatic heterocycles. The maximum absolute atomic E-state index is 11.0. The third-order valence-corrected chi connectivity index (χ3v) is 1.61. The van der Waals surface area contributed by atoms with Gasteiger partial charge in [-0.3, -0.25) is 4.79 Å². The van der Waals surface area contributed by atoms with Crippen LogP contribution in [0.2, 0.25) is 0 Å². The number of hydrogen-bond donors (Lipinski definition) is 1. The highest BCUT2D eigenvalue weighted by molar-refractivity contribution is 5.77. The molecule has 0 fully saturated rings. The molecule has 0 radical (unpaired) electrons. The van der Waals surface area contributed by atoms with Crippen LogP contribution < -0.4 is 5.73 Å². The van der Waals surface area contributed by atoms with Crippen LogP contribution in [0.5, 0.6) is 0 Å². The number of methoxy groups -OCH3 is 1. The Labute approximate surface area is 97.6 Å². The maximum atomic E-state index is 11.0. The van der Waals surface area contributed by atoms with Gasteiger partial charge in [0.2, 0.25) is 0 Å². The summed E-state index contributed by atoms with van der Waals surface area (Å²) < 4.78 is 4.50. The lowest BCUT2D eigenvalue weighted by Crippen LogP contribution is -2.22. The number of nitrogens with two attached hydrogens (primary N) is 1. The van der Waals surface area contributed by atoms with Gasteiger partial charge < -0.3 is 10.5 Å². The quantitative estimate of drug-likeness (QED) is 0.784. The van der Waals surface area contributed by atoms with Crippen LogP contribution in [0.25, 0.3) is 0 Å². The smallest absolute Gasteiger partial charge is 0.327 e. The second-order valence-corrected chi connectivity index (χ2v) is 4.14. The van der Waals surface area contributed by atoms with Gasteiger partial charge in [-0.1, -0.05) is 51.1 Å². The molecule has 0 aliphatic carbocycles. The first-order valence-electron chi connectivity index (χ1n) is 5.37. The number of hydrogen-bond acceptors (Lipinski definition) is 3.